The van der Waals surface area contributed by atoms with E-state index < -0.39 is 43.0 Å². The highest BCUT2D eigenvalue weighted by atomic mass is 19.4. The molecule has 4 nitrogen and oxygen atoms in total. The van der Waals surface area contributed by atoms with Crippen molar-refractivity contribution in [2.24, 2.45) is 11.8 Å². The third-order valence-electron chi connectivity index (χ3n) is 3.97. The van der Waals surface area contributed by atoms with E-state index in [1.54, 1.807) is 32.0 Å². The molecule has 1 fully saturated rings. The third kappa shape index (κ3) is 3.08. The zero-order valence-corrected chi connectivity index (χ0v) is 12.1. The van der Waals surface area contributed by atoms with Crippen molar-refractivity contribution in [2.45, 2.75) is 20.0 Å². The Balaban J connectivity index is 2.29. The summed E-state index contributed by atoms with van der Waals surface area (Å²) in [4.78, 5) is 24.5. The number of likely N-dealkylation sites (tertiary alicyclic amines) is 1. The van der Waals surface area contributed by atoms with Crippen LogP contribution in [0.4, 0.5) is 13.2 Å². The summed E-state index contributed by atoms with van der Waals surface area (Å²) in [7, 11) is 0. The van der Waals surface area contributed by atoms with Crippen LogP contribution in [0.1, 0.15) is 21.5 Å². The Bertz CT molecular complexity index is 613. The molecule has 0 saturated carbocycles. The van der Waals surface area contributed by atoms with Gasteiger partial charge in [-0.25, -0.2) is 0 Å². The van der Waals surface area contributed by atoms with Gasteiger partial charge in [-0.1, -0.05) is 17.7 Å². The Labute approximate surface area is 125 Å². The maximum Gasteiger partial charge on any atom is 0.394 e. The van der Waals surface area contributed by atoms with Crippen molar-refractivity contribution in [3.63, 3.8) is 0 Å². The van der Waals surface area contributed by atoms with Gasteiger partial charge in [0.1, 0.15) is 0 Å². The Morgan fingerprint density at radius 3 is 2.36 bits per heavy atom. The lowest BCUT2D eigenvalue weighted by Crippen LogP contribution is -2.34. The second-order valence-corrected chi connectivity index (χ2v) is 5.62. The number of benzene rings is 1. The van der Waals surface area contributed by atoms with E-state index in [0.717, 1.165) is 10.5 Å². The van der Waals surface area contributed by atoms with Crippen LogP contribution in [0.5, 0.6) is 0 Å². The van der Waals surface area contributed by atoms with Crippen molar-refractivity contribution >= 4 is 11.9 Å². The summed E-state index contributed by atoms with van der Waals surface area (Å²) in [6, 6.07) is 5.12. The van der Waals surface area contributed by atoms with Gasteiger partial charge in [-0.3, -0.25) is 9.59 Å². The topological polar surface area (TPSA) is 57.6 Å². The Hall–Kier alpha value is -2.05. The number of halogens is 3. The number of aliphatic carboxylic acids is 1. The highest BCUT2D eigenvalue weighted by Crippen LogP contribution is 2.38. The zero-order valence-electron chi connectivity index (χ0n) is 12.1. The van der Waals surface area contributed by atoms with Crippen LogP contribution >= 0.6 is 0 Å². The first kappa shape index (κ1) is 16.3. The average molecular weight is 315 g/mol. The van der Waals surface area contributed by atoms with Crippen LogP contribution < -0.4 is 0 Å². The van der Waals surface area contributed by atoms with E-state index >= 15 is 0 Å². The fraction of sp³-hybridized carbons (Fsp3) is 0.467. The highest BCUT2D eigenvalue weighted by molar-refractivity contribution is 5.96. The predicted octanol–water partition coefficient (Wildman–Crippen LogP) is 2.64. The summed E-state index contributed by atoms with van der Waals surface area (Å²) in [6.45, 7) is 2.43. The number of carboxylic acid groups (broad SMARTS) is 1. The molecule has 1 aromatic rings. The summed E-state index contributed by atoms with van der Waals surface area (Å²) < 4.78 is 38.9. The molecular weight excluding hydrogens is 299 g/mol. The molecule has 1 heterocycles. The molecule has 2 rings (SSSR count). The van der Waals surface area contributed by atoms with Crippen molar-refractivity contribution in [3.8, 4) is 0 Å². The summed E-state index contributed by atoms with van der Waals surface area (Å²) in [5.41, 5.74) is 1.78. The third-order valence-corrected chi connectivity index (χ3v) is 3.97. The fourth-order valence-corrected chi connectivity index (χ4v) is 2.69. The molecule has 120 valence electrons. The second-order valence-electron chi connectivity index (χ2n) is 5.62. The predicted molar refractivity (Wildman–Crippen MR) is 72.5 cm³/mol. The van der Waals surface area contributed by atoms with Gasteiger partial charge in [0.15, 0.2) is 0 Å². The number of carbonyl (C=O) groups excluding carboxylic acids is 1. The van der Waals surface area contributed by atoms with Crippen molar-refractivity contribution in [1.82, 2.24) is 4.90 Å². The van der Waals surface area contributed by atoms with E-state index in [2.05, 4.69) is 0 Å². The summed E-state index contributed by atoms with van der Waals surface area (Å²) in [5.74, 6) is -5.73. The molecule has 1 aliphatic rings. The minimum Gasteiger partial charge on any atom is -0.481 e. The van der Waals surface area contributed by atoms with E-state index in [1.807, 2.05) is 0 Å². The van der Waals surface area contributed by atoms with Crippen molar-refractivity contribution in [1.29, 1.82) is 0 Å². The summed E-state index contributed by atoms with van der Waals surface area (Å²) >= 11 is 0. The molecular formula is C15H16F3NO3. The molecule has 2 atom stereocenters. The number of hydrogen-bond acceptors (Lipinski definition) is 2. The number of nitrogens with zero attached hydrogens (tertiary/aromatic N) is 1. The molecule has 0 aliphatic carbocycles. The van der Waals surface area contributed by atoms with Gasteiger partial charge in [0.05, 0.1) is 11.8 Å². The van der Waals surface area contributed by atoms with E-state index in [9.17, 15) is 22.8 Å². The van der Waals surface area contributed by atoms with Gasteiger partial charge < -0.3 is 10.0 Å². The number of carboxylic acids is 1. The molecule has 0 radical (unpaired) electrons. The SMILES string of the molecule is Cc1ccc(C)c(C(=O)N2C[C@@H](C(F)(F)F)[C@H](C(=O)O)C2)c1. The maximum atomic E-state index is 13.0. The monoisotopic (exact) mass is 315 g/mol. The van der Waals surface area contributed by atoms with Gasteiger partial charge in [-0.05, 0) is 25.5 Å². The fourth-order valence-electron chi connectivity index (χ4n) is 2.69. The van der Waals surface area contributed by atoms with E-state index in [4.69, 9.17) is 5.11 Å². The lowest BCUT2D eigenvalue weighted by Gasteiger charge is -2.19. The van der Waals surface area contributed by atoms with Crippen molar-refractivity contribution in [2.75, 3.05) is 13.1 Å². The Kier molecular flexibility index (Phi) is 4.17. The first-order valence-corrected chi connectivity index (χ1v) is 6.77. The van der Waals surface area contributed by atoms with Gasteiger partial charge in [-0.15, -0.1) is 0 Å². The lowest BCUT2D eigenvalue weighted by molar-refractivity contribution is -0.187. The molecule has 1 N–H and O–H groups in total. The summed E-state index contributed by atoms with van der Waals surface area (Å²) in [5, 5.41) is 8.98. The number of alkyl halides is 3. The molecule has 7 heteroatoms. The van der Waals surface area contributed by atoms with Crippen LogP contribution in [0.2, 0.25) is 0 Å². The maximum absolute atomic E-state index is 13.0. The van der Waals surface area contributed by atoms with E-state index in [1.165, 1.54) is 0 Å². The van der Waals surface area contributed by atoms with Gasteiger partial charge in [0.2, 0.25) is 0 Å². The zero-order chi connectivity index (χ0) is 16.7. The second kappa shape index (κ2) is 5.62. The van der Waals surface area contributed by atoms with Crippen molar-refractivity contribution in [3.05, 3.63) is 34.9 Å². The van der Waals surface area contributed by atoms with Gasteiger partial charge in [-0.2, -0.15) is 13.2 Å². The van der Waals surface area contributed by atoms with Crippen LogP contribution in [0, 0.1) is 25.7 Å². The molecule has 1 aromatic carbocycles. The summed E-state index contributed by atoms with van der Waals surface area (Å²) in [6.07, 6.45) is -4.64. The number of hydrogen-bond donors (Lipinski definition) is 1. The molecule has 0 unspecified atom stereocenters. The number of aryl methyl sites for hydroxylation is 2. The van der Waals surface area contributed by atoms with Crippen molar-refractivity contribution < 1.29 is 27.9 Å². The van der Waals surface area contributed by atoms with Crippen LogP contribution in [0.15, 0.2) is 18.2 Å². The average Bonchev–Trinajstić information content (AvgIpc) is 2.86. The molecule has 1 saturated heterocycles. The van der Waals surface area contributed by atoms with E-state index in [0.29, 0.717) is 11.1 Å². The molecule has 0 bridgehead atoms. The van der Waals surface area contributed by atoms with E-state index in [-0.39, 0.29) is 0 Å². The van der Waals surface area contributed by atoms with Gasteiger partial charge >= 0.3 is 12.1 Å². The molecule has 0 spiro atoms. The minimum atomic E-state index is -4.64. The standard InChI is InChI=1S/C15H16F3NO3/c1-8-3-4-9(2)10(5-8)13(20)19-6-11(14(21)22)12(7-19)15(16,17)18/h3-5,11-12H,6-7H2,1-2H3,(H,21,22)/t11-,12-/m1/s1. The first-order valence-electron chi connectivity index (χ1n) is 6.77. The van der Waals surface area contributed by atoms with Crippen LogP contribution in [0.3, 0.4) is 0 Å². The van der Waals surface area contributed by atoms with Gasteiger partial charge in [0.25, 0.3) is 5.91 Å². The highest BCUT2D eigenvalue weighted by Gasteiger charge is 2.53. The molecule has 0 aromatic heterocycles. The molecule has 1 aliphatic heterocycles. The molecule has 1 amide bonds. The Morgan fingerprint density at radius 2 is 1.86 bits per heavy atom. The number of rotatable bonds is 2. The van der Waals surface area contributed by atoms with Gasteiger partial charge in [0, 0.05) is 18.7 Å². The minimum absolute atomic E-state index is 0.312. The molecule has 22 heavy (non-hydrogen) atoms. The normalized spacial score (nSPS) is 22.0. The van der Waals surface area contributed by atoms with Crippen LogP contribution in [-0.2, 0) is 4.79 Å². The van der Waals surface area contributed by atoms with Crippen LogP contribution in [-0.4, -0.2) is 41.1 Å². The quantitative estimate of drug-likeness (QED) is 0.913. The van der Waals surface area contributed by atoms with Crippen LogP contribution in [0.25, 0.3) is 0 Å². The smallest absolute Gasteiger partial charge is 0.394 e. The number of carbonyl (C=O) groups is 2. The number of amides is 1. The largest absolute Gasteiger partial charge is 0.481 e. The Morgan fingerprint density at radius 1 is 1.23 bits per heavy atom. The first-order chi connectivity index (χ1) is 10.1. The lowest BCUT2D eigenvalue weighted by atomic mass is 9.96.